The van der Waals surface area contributed by atoms with Gasteiger partial charge >= 0.3 is 0 Å². The van der Waals surface area contributed by atoms with Crippen molar-refractivity contribution in [1.82, 2.24) is 15.1 Å². The van der Waals surface area contributed by atoms with Crippen molar-refractivity contribution in [3.05, 3.63) is 11.9 Å². The van der Waals surface area contributed by atoms with Gasteiger partial charge in [0.15, 0.2) is 5.75 Å². The van der Waals surface area contributed by atoms with Crippen molar-refractivity contribution in [2.75, 3.05) is 13.7 Å². The smallest absolute Gasteiger partial charge is 0.161 e. The lowest BCUT2D eigenvalue weighted by atomic mass is 9.65. The van der Waals surface area contributed by atoms with Crippen LogP contribution in [0.25, 0.3) is 0 Å². The summed E-state index contributed by atoms with van der Waals surface area (Å²) >= 11 is 0. The Bertz CT molecular complexity index is 431. The molecule has 0 amide bonds. The molecular formula is C17H31N3O. The molecule has 4 nitrogen and oxygen atoms in total. The van der Waals surface area contributed by atoms with Gasteiger partial charge < -0.3 is 10.1 Å². The molecule has 1 aromatic heterocycles. The number of ether oxygens (including phenoxy) is 1. The van der Waals surface area contributed by atoms with Gasteiger partial charge in [-0.2, -0.15) is 5.10 Å². The zero-order valence-corrected chi connectivity index (χ0v) is 14.3. The summed E-state index contributed by atoms with van der Waals surface area (Å²) in [5.74, 6) is 1.55. The second-order valence-corrected chi connectivity index (χ2v) is 6.79. The van der Waals surface area contributed by atoms with E-state index in [1.54, 1.807) is 7.11 Å². The predicted molar refractivity (Wildman–Crippen MR) is 86.6 cm³/mol. The van der Waals surface area contributed by atoms with Crippen molar-refractivity contribution in [3.8, 4) is 5.75 Å². The van der Waals surface area contributed by atoms with E-state index in [1.165, 1.54) is 31.4 Å². The molecule has 1 heterocycles. The van der Waals surface area contributed by atoms with Crippen molar-refractivity contribution >= 4 is 0 Å². The van der Waals surface area contributed by atoms with Gasteiger partial charge in [0.2, 0.25) is 0 Å². The predicted octanol–water partition coefficient (Wildman–Crippen LogP) is 3.78. The summed E-state index contributed by atoms with van der Waals surface area (Å²) in [4.78, 5) is 0. The maximum atomic E-state index is 5.59. The lowest BCUT2D eigenvalue weighted by Gasteiger charge is -2.43. The van der Waals surface area contributed by atoms with Gasteiger partial charge in [0.25, 0.3) is 0 Å². The monoisotopic (exact) mass is 293 g/mol. The topological polar surface area (TPSA) is 39.1 Å². The third kappa shape index (κ3) is 3.25. The molecule has 0 bridgehead atoms. The molecular weight excluding hydrogens is 262 g/mol. The Morgan fingerprint density at radius 2 is 2.19 bits per heavy atom. The maximum absolute atomic E-state index is 5.59. The van der Waals surface area contributed by atoms with Crippen LogP contribution in [0.15, 0.2) is 6.20 Å². The second kappa shape index (κ2) is 6.82. The number of methoxy groups -OCH3 is 1. The van der Waals surface area contributed by atoms with Gasteiger partial charge in [0.1, 0.15) is 0 Å². The lowest BCUT2D eigenvalue weighted by Crippen LogP contribution is -2.40. The number of hydrogen-bond donors (Lipinski definition) is 1. The molecule has 21 heavy (non-hydrogen) atoms. The quantitative estimate of drug-likeness (QED) is 0.867. The standard InChI is InChI=1S/C17H31N3O/c1-6-18-15(13-10-8-9-11-17(13,3)4)16-14(21-5)12-19-20(16)7-2/h12-13,15,18H,6-11H2,1-5H3. The van der Waals surface area contributed by atoms with Crippen molar-refractivity contribution in [2.24, 2.45) is 11.3 Å². The van der Waals surface area contributed by atoms with Gasteiger partial charge in [-0.25, -0.2) is 0 Å². The summed E-state index contributed by atoms with van der Waals surface area (Å²) in [7, 11) is 1.75. The Morgan fingerprint density at radius 3 is 2.76 bits per heavy atom. The van der Waals surface area contributed by atoms with Gasteiger partial charge in [-0.05, 0) is 37.6 Å². The number of rotatable bonds is 6. The second-order valence-electron chi connectivity index (χ2n) is 6.79. The highest BCUT2D eigenvalue weighted by molar-refractivity contribution is 5.29. The zero-order valence-electron chi connectivity index (χ0n) is 14.3. The van der Waals surface area contributed by atoms with E-state index in [1.807, 2.05) is 6.20 Å². The number of hydrogen-bond acceptors (Lipinski definition) is 3. The van der Waals surface area contributed by atoms with E-state index < -0.39 is 0 Å². The first-order chi connectivity index (χ1) is 10.0. The van der Waals surface area contributed by atoms with Crippen LogP contribution in [-0.2, 0) is 6.54 Å². The first-order valence-corrected chi connectivity index (χ1v) is 8.38. The number of aryl methyl sites for hydroxylation is 1. The van der Waals surface area contributed by atoms with Crippen LogP contribution >= 0.6 is 0 Å². The van der Waals surface area contributed by atoms with Crippen LogP contribution < -0.4 is 10.1 Å². The Hall–Kier alpha value is -1.03. The highest BCUT2D eigenvalue weighted by Crippen LogP contribution is 2.48. The Kier molecular flexibility index (Phi) is 5.31. The minimum Gasteiger partial charge on any atom is -0.493 e. The van der Waals surface area contributed by atoms with Gasteiger partial charge in [-0.15, -0.1) is 0 Å². The molecule has 2 atom stereocenters. The van der Waals surface area contributed by atoms with Gasteiger partial charge in [0.05, 0.1) is 25.0 Å². The molecule has 0 spiro atoms. The van der Waals surface area contributed by atoms with E-state index in [2.05, 4.69) is 42.8 Å². The zero-order chi connectivity index (χ0) is 15.5. The maximum Gasteiger partial charge on any atom is 0.161 e. The van der Waals surface area contributed by atoms with Crippen LogP contribution in [0.3, 0.4) is 0 Å². The Balaban J connectivity index is 2.40. The van der Waals surface area contributed by atoms with E-state index in [9.17, 15) is 0 Å². The van der Waals surface area contributed by atoms with Crippen molar-refractivity contribution < 1.29 is 4.74 Å². The fourth-order valence-corrected chi connectivity index (χ4v) is 3.89. The fourth-order valence-electron chi connectivity index (χ4n) is 3.89. The van der Waals surface area contributed by atoms with Crippen LogP contribution in [0.1, 0.15) is 65.1 Å². The summed E-state index contributed by atoms with van der Waals surface area (Å²) in [6, 6.07) is 0.322. The highest BCUT2D eigenvalue weighted by Gasteiger charge is 2.40. The molecule has 1 saturated carbocycles. The average molecular weight is 293 g/mol. The van der Waals surface area contributed by atoms with E-state index in [-0.39, 0.29) is 0 Å². The molecule has 1 aromatic rings. The van der Waals surface area contributed by atoms with Gasteiger partial charge in [0, 0.05) is 6.54 Å². The first-order valence-electron chi connectivity index (χ1n) is 8.38. The Morgan fingerprint density at radius 1 is 1.43 bits per heavy atom. The van der Waals surface area contributed by atoms with E-state index in [4.69, 9.17) is 4.74 Å². The minimum absolute atomic E-state index is 0.322. The molecule has 0 radical (unpaired) electrons. The summed E-state index contributed by atoms with van der Waals surface area (Å²) in [6.07, 6.45) is 7.13. The molecule has 0 aliphatic heterocycles. The molecule has 2 unspecified atom stereocenters. The first kappa shape index (κ1) is 16.3. The number of aromatic nitrogens is 2. The summed E-state index contributed by atoms with van der Waals surface area (Å²) in [5.41, 5.74) is 1.58. The normalized spacial score (nSPS) is 23.0. The number of nitrogens with one attached hydrogen (secondary N) is 1. The van der Waals surface area contributed by atoms with Crippen molar-refractivity contribution in [1.29, 1.82) is 0 Å². The molecule has 2 rings (SSSR count). The molecule has 120 valence electrons. The van der Waals surface area contributed by atoms with Gasteiger partial charge in [-0.3, -0.25) is 4.68 Å². The van der Waals surface area contributed by atoms with Gasteiger partial charge in [-0.1, -0.05) is 33.6 Å². The SMILES string of the molecule is CCNC(c1c(OC)cnn1CC)C1CCCCC1(C)C. The highest BCUT2D eigenvalue weighted by atomic mass is 16.5. The van der Waals surface area contributed by atoms with Crippen molar-refractivity contribution in [2.45, 2.75) is 66.0 Å². The largest absolute Gasteiger partial charge is 0.493 e. The third-order valence-electron chi connectivity index (χ3n) is 5.08. The van der Waals surface area contributed by atoms with Crippen LogP contribution in [-0.4, -0.2) is 23.4 Å². The molecule has 1 N–H and O–H groups in total. The summed E-state index contributed by atoms with van der Waals surface area (Å²) < 4.78 is 7.68. The molecule has 1 aliphatic rings. The van der Waals surface area contributed by atoms with E-state index in [0.717, 1.165) is 18.8 Å². The molecule has 0 saturated heterocycles. The lowest BCUT2D eigenvalue weighted by molar-refractivity contribution is 0.0942. The molecule has 0 aromatic carbocycles. The fraction of sp³-hybridized carbons (Fsp3) is 0.824. The average Bonchev–Trinajstić information content (AvgIpc) is 2.87. The van der Waals surface area contributed by atoms with Crippen LogP contribution in [0.2, 0.25) is 0 Å². The van der Waals surface area contributed by atoms with Crippen LogP contribution in [0.5, 0.6) is 5.75 Å². The van der Waals surface area contributed by atoms with Crippen LogP contribution in [0.4, 0.5) is 0 Å². The molecule has 4 heteroatoms. The molecule has 1 fully saturated rings. The van der Waals surface area contributed by atoms with Crippen molar-refractivity contribution in [3.63, 3.8) is 0 Å². The minimum atomic E-state index is 0.322. The summed E-state index contributed by atoms with van der Waals surface area (Å²) in [5, 5.41) is 8.22. The van der Waals surface area contributed by atoms with Crippen LogP contribution in [0, 0.1) is 11.3 Å². The molecule has 1 aliphatic carbocycles. The number of nitrogens with zero attached hydrogens (tertiary/aromatic N) is 2. The van der Waals surface area contributed by atoms with E-state index >= 15 is 0 Å². The third-order valence-corrected chi connectivity index (χ3v) is 5.08. The van der Waals surface area contributed by atoms with E-state index in [0.29, 0.717) is 17.4 Å². The summed E-state index contributed by atoms with van der Waals surface area (Å²) in [6.45, 7) is 11.0. The Labute approximate surface area is 129 Å².